The van der Waals surface area contributed by atoms with Crippen molar-refractivity contribution in [1.82, 2.24) is 0 Å². The Morgan fingerprint density at radius 3 is 2.38 bits per heavy atom. The molecule has 0 saturated carbocycles. The first-order chi connectivity index (χ1) is 9.95. The van der Waals surface area contributed by atoms with Gasteiger partial charge >= 0.3 is 12.1 Å². The Morgan fingerprint density at radius 2 is 1.76 bits per heavy atom. The van der Waals surface area contributed by atoms with Gasteiger partial charge in [0.25, 0.3) is 0 Å². The first kappa shape index (κ1) is 14.4. The van der Waals surface area contributed by atoms with Crippen molar-refractivity contribution in [2.45, 2.75) is 6.92 Å². The molecular weight excluding hydrogens is 274 g/mol. The fourth-order valence-electron chi connectivity index (χ4n) is 1.64. The summed E-state index contributed by atoms with van der Waals surface area (Å²) in [7, 11) is 0. The highest BCUT2D eigenvalue weighted by Crippen LogP contribution is 2.21. The molecule has 0 fully saturated rings. The van der Waals surface area contributed by atoms with Gasteiger partial charge < -0.3 is 14.9 Å². The fourth-order valence-corrected chi connectivity index (χ4v) is 1.64. The van der Waals surface area contributed by atoms with E-state index in [2.05, 4.69) is 5.32 Å². The Bertz CT molecular complexity index is 679. The summed E-state index contributed by atoms with van der Waals surface area (Å²) in [5, 5.41) is 20.6. The van der Waals surface area contributed by atoms with Crippen LogP contribution in [0.25, 0.3) is 0 Å². The summed E-state index contributed by atoms with van der Waals surface area (Å²) in [6.45, 7) is 1.91. The molecule has 108 valence electrons. The van der Waals surface area contributed by atoms with Gasteiger partial charge in [-0.2, -0.15) is 0 Å². The van der Waals surface area contributed by atoms with Gasteiger partial charge in [-0.1, -0.05) is 17.7 Å². The van der Waals surface area contributed by atoms with Crippen molar-refractivity contribution in [3.8, 4) is 11.5 Å². The molecule has 1 amide bonds. The van der Waals surface area contributed by atoms with Gasteiger partial charge in [-0.25, -0.2) is 9.59 Å². The minimum atomic E-state index is -1.29. The molecule has 3 N–H and O–H groups in total. The van der Waals surface area contributed by atoms with Gasteiger partial charge in [0, 0.05) is 5.69 Å². The molecule has 0 spiro atoms. The van der Waals surface area contributed by atoms with E-state index in [4.69, 9.17) is 9.84 Å². The number of benzene rings is 2. The van der Waals surface area contributed by atoms with Crippen LogP contribution in [0.3, 0.4) is 0 Å². The molecule has 0 aliphatic heterocycles. The summed E-state index contributed by atoms with van der Waals surface area (Å²) in [6.07, 6.45) is -0.749. The Hall–Kier alpha value is -3.02. The third-order valence-corrected chi connectivity index (χ3v) is 2.70. The minimum absolute atomic E-state index is 0.210. The predicted molar refractivity (Wildman–Crippen MR) is 75.9 cm³/mol. The maximum atomic E-state index is 11.7. The number of amides is 1. The van der Waals surface area contributed by atoms with Gasteiger partial charge in [0.2, 0.25) is 0 Å². The molecule has 6 nitrogen and oxygen atoms in total. The number of hydrogen-bond donors (Lipinski definition) is 3. The molecule has 0 aliphatic carbocycles. The van der Waals surface area contributed by atoms with Crippen LogP contribution in [0.5, 0.6) is 11.5 Å². The van der Waals surface area contributed by atoms with Crippen molar-refractivity contribution >= 4 is 17.7 Å². The maximum Gasteiger partial charge on any atom is 0.417 e. The lowest BCUT2D eigenvalue weighted by atomic mass is 10.2. The highest BCUT2D eigenvalue weighted by atomic mass is 16.6. The molecule has 0 saturated heterocycles. The third-order valence-electron chi connectivity index (χ3n) is 2.70. The second-order valence-electron chi connectivity index (χ2n) is 4.36. The number of carbonyl (C=O) groups excluding carboxylic acids is 1. The van der Waals surface area contributed by atoms with Crippen LogP contribution in [-0.4, -0.2) is 22.3 Å². The molecular formula is C15H13NO5. The molecule has 21 heavy (non-hydrogen) atoms. The van der Waals surface area contributed by atoms with Gasteiger partial charge in [0.1, 0.15) is 17.1 Å². The van der Waals surface area contributed by atoms with Crippen molar-refractivity contribution in [3.05, 3.63) is 53.6 Å². The number of nitrogens with one attached hydrogen (secondary N) is 1. The number of aryl methyl sites for hydroxylation is 1. The van der Waals surface area contributed by atoms with Gasteiger partial charge in [-0.05, 0) is 37.3 Å². The molecule has 0 bridgehead atoms. The summed E-state index contributed by atoms with van der Waals surface area (Å²) in [4.78, 5) is 22.6. The summed E-state index contributed by atoms with van der Waals surface area (Å²) >= 11 is 0. The van der Waals surface area contributed by atoms with Crippen molar-refractivity contribution in [3.63, 3.8) is 0 Å². The lowest BCUT2D eigenvalue weighted by Crippen LogP contribution is -2.17. The number of phenols is 1. The summed E-state index contributed by atoms with van der Waals surface area (Å²) < 4.78 is 5.04. The fraction of sp³-hybridized carbons (Fsp3) is 0.0667. The number of carbonyl (C=O) groups is 2. The Labute approximate surface area is 120 Å². The molecule has 2 rings (SSSR count). The smallest absolute Gasteiger partial charge is 0.417 e. The first-order valence-electron chi connectivity index (χ1n) is 6.07. The summed E-state index contributed by atoms with van der Waals surface area (Å²) in [5.74, 6) is -1.29. The van der Waals surface area contributed by atoms with Crippen LogP contribution in [0.15, 0.2) is 42.5 Å². The van der Waals surface area contributed by atoms with Crippen molar-refractivity contribution in [2.24, 2.45) is 0 Å². The van der Waals surface area contributed by atoms with Crippen molar-refractivity contribution < 1.29 is 24.5 Å². The summed E-state index contributed by atoms with van der Waals surface area (Å²) in [6, 6.07) is 10.6. The van der Waals surface area contributed by atoms with E-state index in [1.807, 2.05) is 6.92 Å². The molecule has 6 heteroatoms. The topological polar surface area (TPSA) is 95.9 Å². The van der Waals surface area contributed by atoms with Gasteiger partial charge in [-0.15, -0.1) is 0 Å². The maximum absolute atomic E-state index is 11.7. The third kappa shape index (κ3) is 3.73. The van der Waals surface area contributed by atoms with E-state index in [0.717, 1.165) is 11.6 Å². The molecule has 2 aromatic rings. The van der Waals surface area contributed by atoms with Crippen molar-refractivity contribution in [2.75, 3.05) is 5.32 Å². The lowest BCUT2D eigenvalue weighted by molar-refractivity contribution is 0.0693. The normalized spacial score (nSPS) is 9.95. The molecule has 0 aliphatic rings. The van der Waals surface area contributed by atoms with E-state index in [1.54, 1.807) is 24.3 Å². The number of rotatable bonds is 3. The number of aromatic carboxylic acids is 1. The van der Waals surface area contributed by atoms with Crippen molar-refractivity contribution in [1.29, 1.82) is 0 Å². The van der Waals surface area contributed by atoms with E-state index in [-0.39, 0.29) is 17.0 Å². The van der Waals surface area contributed by atoms with E-state index in [1.165, 1.54) is 12.1 Å². The molecule has 0 aromatic heterocycles. The highest BCUT2D eigenvalue weighted by molar-refractivity contribution is 5.94. The number of ether oxygens (including phenoxy) is 1. The second kappa shape index (κ2) is 5.96. The molecule has 0 radical (unpaired) electrons. The zero-order valence-electron chi connectivity index (χ0n) is 11.2. The van der Waals surface area contributed by atoms with Gasteiger partial charge in [0.15, 0.2) is 0 Å². The predicted octanol–water partition coefficient (Wildman–Crippen LogP) is 3.01. The largest absolute Gasteiger partial charge is 0.507 e. The molecule has 0 unspecified atom stereocenters. The van der Waals surface area contributed by atoms with Gasteiger partial charge in [0.05, 0.1) is 0 Å². The van der Waals surface area contributed by atoms with Gasteiger partial charge in [-0.3, -0.25) is 5.32 Å². The Balaban J connectivity index is 2.07. The first-order valence-corrected chi connectivity index (χ1v) is 6.07. The lowest BCUT2D eigenvalue weighted by Gasteiger charge is -2.08. The van der Waals surface area contributed by atoms with E-state index in [0.29, 0.717) is 5.75 Å². The average molecular weight is 287 g/mol. The molecule has 0 atom stereocenters. The molecule has 0 heterocycles. The number of anilines is 1. The number of aromatic hydroxyl groups is 1. The summed E-state index contributed by atoms with van der Waals surface area (Å²) in [5.41, 5.74) is 0.942. The second-order valence-corrected chi connectivity index (χ2v) is 4.36. The zero-order chi connectivity index (χ0) is 15.4. The SMILES string of the molecule is Cc1ccc(OC(=O)Nc2ccc(O)c(C(=O)O)c2)cc1. The van der Waals surface area contributed by atoms with E-state index >= 15 is 0 Å². The van der Waals surface area contributed by atoms with Crippen LogP contribution in [-0.2, 0) is 0 Å². The van der Waals surface area contributed by atoms with Crippen LogP contribution in [0.1, 0.15) is 15.9 Å². The Morgan fingerprint density at radius 1 is 1.10 bits per heavy atom. The quantitative estimate of drug-likeness (QED) is 0.754. The van der Waals surface area contributed by atoms with Crippen LogP contribution in [0.2, 0.25) is 0 Å². The van der Waals surface area contributed by atoms with E-state index < -0.39 is 12.1 Å². The minimum Gasteiger partial charge on any atom is -0.507 e. The van der Waals surface area contributed by atoms with E-state index in [9.17, 15) is 14.7 Å². The number of carboxylic acids is 1. The van der Waals surface area contributed by atoms with Crippen LogP contribution < -0.4 is 10.1 Å². The monoisotopic (exact) mass is 287 g/mol. The molecule has 2 aromatic carbocycles. The Kier molecular flexibility index (Phi) is 4.08. The standard InChI is InChI=1S/C15H13NO5/c1-9-2-5-11(6-3-9)21-15(20)16-10-4-7-13(17)12(8-10)14(18)19/h2-8,17H,1H3,(H,16,20)(H,18,19). The van der Waals surface area contributed by atoms with Crippen LogP contribution >= 0.6 is 0 Å². The zero-order valence-corrected chi connectivity index (χ0v) is 11.2. The average Bonchev–Trinajstić information content (AvgIpc) is 2.43. The van der Waals surface area contributed by atoms with Crippen LogP contribution in [0.4, 0.5) is 10.5 Å². The van der Waals surface area contributed by atoms with Crippen LogP contribution in [0, 0.1) is 6.92 Å². The number of carboxylic acid groups (broad SMARTS) is 1. The highest BCUT2D eigenvalue weighted by Gasteiger charge is 2.12. The number of hydrogen-bond acceptors (Lipinski definition) is 4.